The SMILES string of the molecule is C=CCN(CC)C(=O)NC1CCCC(C(=O)O)C1. The molecule has 1 fully saturated rings. The molecule has 1 aliphatic carbocycles. The van der Waals surface area contributed by atoms with E-state index in [9.17, 15) is 9.59 Å². The molecule has 102 valence electrons. The number of amides is 2. The highest BCUT2D eigenvalue weighted by Gasteiger charge is 2.28. The third kappa shape index (κ3) is 4.05. The number of urea groups is 1. The van der Waals surface area contributed by atoms with E-state index in [2.05, 4.69) is 11.9 Å². The lowest BCUT2D eigenvalue weighted by Gasteiger charge is -2.29. The lowest BCUT2D eigenvalue weighted by molar-refractivity contribution is -0.143. The lowest BCUT2D eigenvalue weighted by atomic mass is 9.86. The number of rotatable bonds is 5. The van der Waals surface area contributed by atoms with E-state index in [1.54, 1.807) is 11.0 Å². The number of carboxylic acids is 1. The Hall–Kier alpha value is -1.52. The first-order valence-electron chi connectivity index (χ1n) is 6.47. The predicted molar refractivity (Wildman–Crippen MR) is 69.4 cm³/mol. The maximum Gasteiger partial charge on any atom is 0.317 e. The van der Waals surface area contributed by atoms with E-state index in [1.807, 2.05) is 6.92 Å². The Bertz CT molecular complexity index is 317. The molecule has 0 radical (unpaired) electrons. The third-order valence-corrected chi connectivity index (χ3v) is 3.37. The number of carbonyl (C=O) groups excluding carboxylic acids is 1. The first-order valence-corrected chi connectivity index (χ1v) is 6.47. The van der Waals surface area contributed by atoms with Gasteiger partial charge in [-0.05, 0) is 26.2 Å². The minimum absolute atomic E-state index is 0.0220. The van der Waals surface area contributed by atoms with Gasteiger partial charge < -0.3 is 15.3 Å². The molecule has 0 bridgehead atoms. The second-order valence-corrected chi connectivity index (χ2v) is 4.68. The van der Waals surface area contributed by atoms with Crippen LogP contribution in [-0.2, 0) is 4.79 Å². The molecular weight excluding hydrogens is 232 g/mol. The van der Waals surface area contributed by atoms with Crippen molar-refractivity contribution in [3.8, 4) is 0 Å². The van der Waals surface area contributed by atoms with Gasteiger partial charge in [0, 0.05) is 19.1 Å². The number of carbonyl (C=O) groups is 2. The van der Waals surface area contributed by atoms with Crippen molar-refractivity contribution in [1.29, 1.82) is 0 Å². The molecule has 18 heavy (non-hydrogen) atoms. The van der Waals surface area contributed by atoms with Crippen LogP contribution >= 0.6 is 0 Å². The summed E-state index contributed by atoms with van der Waals surface area (Å²) < 4.78 is 0. The van der Waals surface area contributed by atoms with Crippen LogP contribution in [0.2, 0.25) is 0 Å². The summed E-state index contributed by atoms with van der Waals surface area (Å²) in [5.41, 5.74) is 0. The molecular formula is C13H22N2O3. The normalized spacial score (nSPS) is 23.2. The number of hydrogen-bond donors (Lipinski definition) is 2. The molecule has 0 aromatic carbocycles. The maximum atomic E-state index is 11.9. The summed E-state index contributed by atoms with van der Waals surface area (Å²) >= 11 is 0. The average molecular weight is 254 g/mol. The Labute approximate surface area is 108 Å². The second kappa shape index (κ2) is 7.03. The van der Waals surface area contributed by atoms with Gasteiger partial charge in [0.05, 0.1) is 5.92 Å². The zero-order chi connectivity index (χ0) is 13.5. The van der Waals surface area contributed by atoms with Crippen molar-refractivity contribution in [1.82, 2.24) is 10.2 Å². The Morgan fingerprint density at radius 3 is 2.78 bits per heavy atom. The van der Waals surface area contributed by atoms with Gasteiger partial charge in [0.2, 0.25) is 0 Å². The summed E-state index contributed by atoms with van der Waals surface area (Å²) in [7, 11) is 0. The van der Waals surface area contributed by atoms with E-state index in [1.165, 1.54) is 0 Å². The van der Waals surface area contributed by atoms with E-state index in [0.29, 0.717) is 25.9 Å². The third-order valence-electron chi connectivity index (χ3n) is 3.37. The van der Waals surface area contributed by atoms with Gasteiger partial charge in [-0.1, -0.05) is 12.5 Å². The molecule has 2 atom stereocenters. The Kier molecular flexibility index (Phi) is 5.68. The molecule has 0 aromatic heterocycles. The molecule has 1 aliphatic rings. The average Bonchev–Trinajstić information content (AvgIpc) is 2.36. The van der Waals surface area contributed by atoms with Crippen LogP contribution in [0, 0.1) is 5.92 Å². The van der Waals surface area contributed by atoms with Gasteiger partial charge in [-0.25, -0.2) is 4.79 Å². The Morgan fingerprint density at radius 2 is 2.22 bits per heavy atom. The van der Waals surface area contributed by atoms with Gasteiger partial charge in [-0.2, -0.15) is 0 Å². The molecule has 1 saturated carbocycles. The Balaban J connectivity index is 2.48. The van der Waals surface area contributed by atoms with Gasteiger partial charge >= 0.3 is 12.0 Å². The van der Waals surface area contributed by atoms with Crippen LogP contribution in [0.25, 0.3) is 0 Å². The summed E-state index contributed by atoms with van der Waals surface area (Å²) in [5, 5.41) is 11.9. The van der Waals surface area contributed by atoms with Crippen molar-refractivity contribution in [3.05, 3.63) is 12.7 Å². The van der Waals surface area contributed by atoms with Gasteiger partial charge in [0.15, 0.2) is 0 Å². The molecule has 2 unspecified atom stereocenters. The zero-order valence-corrected chi connectivity index (χ0v) is 10.9. The topological polar surface area (TPSA) is 69.6 Å². The molecule has 0 aliphatic heterocycles. The molecule has 5 heteroatoms. The van der Waals surface area contributed by atoms with E-state index >= 15 is 0 Å². The molecule has 2 N–H and O–H groups in total. The highest BCUT2D eigenvalue weighted by Crippen LogP contribution is 2.24. The van der Waals surface area contributed by atoms with Crippen LogP contribution in [0.5, 0.6) is 0 Å². The summed E-state index contributed by atoms with van der Waals surface area (Å²) in [5.74, 6) is -1.08. The number of hydrogen-bond acceptors (Lipinski definition) is 2. The fourth-order valence-corrected chi connectivity index (χ4v) is 2.32. The van der Waals surface area contributed by atoms with E-state index in [-0.39, 0.29) is 18.0 Å². The van der Waals surface area contributed by atoms with E-state index in [0.717, 1.165) is 12.8 Å². The predicted octanol–water partition coefficient (Wildman–Crippen LogP) is 1.85. The smallest absolute Gasteiger partial charge is 0.317 e. The Morgan fingerprint density at radius 1 is 1.50 bits per heavy atom. The maximum absolute atomic E-state index is 11.9. The molecule has 0 aromatic rings. The van der Waals surface area contributed by atoms with Gasteiger partial charge in [0.1, 0.15) is 0 Å². The lowest BCUT2D eigenvalue weighted by Crippen LogP contribution is -2.47. The number of nitrogens with zero attached hydrogens (tertiary/aromatic N) is 1. The van der Waals surface area contributed by atoms with Crippen molar-refractivity contribution in [2.24, 2.45) is 5.92 Å². The molecule has 0 heterocycles. The van der Waals surface area contributed by atoms with Crippen LogP contribution in [0.4, 0.5) is 4.79 Å². The summed E-state index contributed by atoms with van der Waals surface area (Å²) in [6.45, 7) is 6.65. The summed E-state index contributed by atoms with van der Waals surface area (Å²) in [4.78, 5) is 24.5. The van der Waals surface area contributed by atoms with Crippen LogP contribution in [0.3, 0.4) is 0 Å². The second-order valence-electron chi connectivity index (χ2n) is 4.68. The monoisotopic (exact) mass is 254 g/mol. The van der Waals surface area contributed by atoms with E-state index < -0.39 is 5.97 Å². The molecule has 0 saturated heterocycles. The number of carboxylic acid groups (broad SMARTS) is 1. The summed E-state index contributed by atoms with van der Waals surface area (Å²) in [6, 6.07) is -0.153. The van der Waals surface area contributed by atoms with Gasteiger partial charge in [0.25, 0.3) is 0 Å². The number of aliphatic carboxylic acids is 1. The van der Waals surface area contributed by atoms with Crippen LogP contribution < -0.4 is 5.32 Å². The standard InChI is InChI=1S/C13H22N2O3/c1-3-8-15(4-2)13(18)14-11-7-5-6-10(9-11)12(16)17/h3,10-11H,1,4-9H2,2H3,(H,14,18)(H,16,17). The van der Waals surface area contributed by atoms with Gasteiger partial charge in [-0.15, -0.1) is 6.58 Å². The highest BCUT2D eigenvalue weighted by atomic mass is 16.4. The molecule has 2 amide bonds. The first-order chi connectivity index (χ1) is 8.58. The van der Waals surface area contributed by atoms with Crippen molar-refractivity contribution in [2.75, 3.05) is 13.1 Å². The largest absolute Gasteiger partial charge is 0.481 e. The van der Waals surface area contributed by atoms with Crippen LogP contribution in [0.15, 0.2) is 12.7 Å². The zero-order valence-electron chi connectivity index (χ0n) is 10.9. The van der Waals surface area contributed by atoms with E-state index in [4.69, 9.17) is 5.11 Å². The molecule has 5 nitrogen and oxygen atoms in total. The van der Waals surface area contributed by atoms with Crippen molar-refractivity contribution >= 4 is 12.0 Å². The number of likely N-dealkylation sites (N-methyl/N-ethyl adjacent to an activating group) is 1. The molecule has 1 rings (SSSR count). The quantitative estimate of drug-likeness (QED) is 0.736. The fraction of sp³-hybridized carbons (Fsp3) is 0.692. The van der Waals surface area contributed by atoms with Crippen LogP contribution in [-0.4, -0.2) is 41.1 Å². The van der Waals surface area contributed by atoms with Crippen molar-refractivity contribution in [3.63, 3.8) is 0 Å². The first kappa shape index (κ1) is 14.5. The van der Waals surface area contributed by atoms with Crippen molar-refractivity contribution < 1.29 is 14.7 Å². The number of nitrogens with one attached hydrogen (secondary N) is 1. The summed E-state index contributed by atoms with van der Waals surface area (Å²) in [6.07, 6.45) is 4.65. The van der Waals surface area contributed by atoms with Crippen LogP contribution in [0.1, 0.15) is 32.6 Å². The van der Waals surface area contributed by atoms with Gasteiger partial charge in [-0.3, -0.25) is 4.79 Å². The van der Waals surface area contributed by atoms with Crippen molar-refractivity contribution in [2.45, 2.75) is 38.6 Å². The fourth-order valence-electron chi connectivity index (χ4n) is 2.32. The highest BCUT2D eigenvalue weighted by molar-refractivity contribution is 5.75. The molecule has 0 spiro atoms. The minimum atomic E-state index is -0.757. The minimum Gasteiger partial charge on any atom is -0.481 e.